The van der Waals surface area contributed by atoms with Gasteiger partial charge in [0.05, 0.1) is 18.4 Å². The van der Waals surface area contributed by atoms with Gasteiger partial charge in [-0.05, 0) is 25.7 Å². The van der Waals surface area contributed by atoms with Crippen LogP contribution in [0, 0.1) is 11.8 Å². The van der Waals surface area contributed by atoms with Crippen LogP contribution in [-0.2, 0) is 14.3 Å². The highest BCUT2D eigenvalue weighted by Crippen LogP contribution is 2.29. The molecule has 4 heteroatoms. The highest BCUT2D eigenvalue weighted by molar-refractivity contribution is 5.75. The molecule has 1 aliphatic carbocycles. The predicted molar refractivity (Wildman–Crippen MR) is 54.3 cm³/mol. The monoisotopic (exact) mass is 214 g/mol. The molecule has 1 saturated carbocycles. The molecule has 0 aromatic heterocycles. The highest BCUT2D eigenvalue weighted by Gasteiger charge is 2.31. The fraction of sp³-hybridized carbons (Fsp3) is 0.818. The molecular formula is C11H18O4. The topological polar surface area (TPSA) is 63.6 Å². The van der Waals surface area contributed by atoms with Gasteiger partial charge >= 0.3 is 11.9 Å². The summed E-state index contributed by atoms with van der Waals surface area (Å²) in [5, 5.41) is 8.86. The lowest BCUT2D eigenvalue weighted by Crippen LogP contribution is -2.28. The van der Waals surface area contributed by atoms with Crippen molar-refractivity contribution in [2.75, 3.05) is 6.61 Å². The molecule has 1 rings (SSSR count). The van der Waals surface area contributed by atoms with Crippen molar-refractivity contribution in [3.8, 4) is 0 Å². The number of carbonyl (C=O) groups is 2. The van der Waals surface area contributed by atoms with Crippen molar-refractivity contribution in [1.29, 1.82) is 0 Å². The number of aliphatic carboxylic acids is 1. The molecule has 0 amide bonds. The molecule has 0 saturated heterocycles. The van der Waals surface area contributed by atoms with E-state index in [9.17, 15) is 9.59 Å². The van der Waals surface area contributed by atoms with Gasteiger partial charge in [0, 0.05) is 0 Å². The Hall–Kier alpha value is -1.06. The molecule has 2 atom stereocenters. The number of hydrogen-bond acceptors (Lipinski definition) is 3. The van der Waals surface area contributed by atoms with E-state index in [4.69, 9.17) is 9.84 Å². The summed E-state index contributed by atoms with van der Waals surface area (Å²) in [6, 6.07) is 0. The largest absolute Gasteiger partial charge is 0.481 e. The smallest absolute Gasteiger partial charge is 0.308 e. The quantitative estimate of drug-likeness (QED) is 0.725. The molecule has 0 aliphatic heterocycles. The maximum Gasteiger partial charge on any atom is 0.308 e. The number of ether oxygens (including phenoxy) is 1. The third-order valence-corrected chi connectivity index (χ3v) is 2.81. The molecule has 0 aromatic rings. The standard InChI is InChI=1S/C11H18O4/c1-2-6-15-11(14)9-5-3-4-8(7-9)10(12)13/h8-9H,2-7H2,1H3,(H,12,13). The minimum absolute atomic E-state index is 0.202. The first kappa shape index (κ1) is 12.0. The molecule has 1 aliphatic rings. The van der Waals surface area contributed by atoms with Crippen molar-refractivity contribution >= 4 is 11.9 Å². The molecular weight excluding hydrogens is 196 g/mol. The van der Waals surface area contributed by atoms with Gasteiger partial charge in [-0.25, -0.2) is 0 Å². The van der Waals surface area contributed by atoms with E-state index in [0.717, 1.165) is 19.3 Å². The van der Waals surface area contributed by atoms with Gasteiger partial charge in [-0.1, -0.05) is 13.3 Å². The molecule has 0 aromatic carbocycles. The van der Waals surface area contributed by atoms with Gasteiger partial charge in [0.25, 0.3) is 0 Å². The summed E-state index contributed by atoms with van der Waals surface area (Å²) in [7, 11) is 0. The van der Waals surface area contributed by atoms with Crippen LogP contribution in [0.5, 0.6) is 0 Å². The van der Waals surface area contributed by atoms with Crippen molar-refractivity contribution < 1.29 is 19.4 Å². The van der Waals surface area contributed by atoms with E-state index in [-0.39, 0.29) is 17.8 Å². The lowest BCUT2D eigenvalue weighted by Gasteiger charge is -2.24. The Morgan fingerprint density at radius 3 is 2.60 bits per heavy atom. The van der Waals surface area contributed by atoms with Gasteiger partial charge in [0.15, 0.2) is 0 Å². The zero-order valence-electron chi connectivity index (χ0n) is 9.07. The number of carbonyl (C=O) groups excluding carboxylic acids is 1. The molecule has 1 N–H and O–H groups in total. The normalized spacial score (nSPS) is 25.9. The summed E-state index contributed by atoms with van der Waals surface area (Å²) in [5.41, 5.74) is 0. The molecule has 0 heterocycles. The van der Waals surface area contributed by atoms with E-state index in [1.54, 1.807) is 0 Å². The van der Waals surface area contributed by atoms with E-state index in [0.29, 0.717) is 19.4 Å². The summed E-state index contributed by atoms with van der Waals surface area (Å²) >= 11 is 0. The first-order valence-corrected chi connectivity index (χ1v) is 5.54. The third-order valence-electron chi connectivity index (χ3n) is 2.81. The number of carboxylic acids is 1. The number of hydrogen-bond donors (Lipinski definition) is 1. The molecule has 0 radical (unpaired) electrons. The summed E-state index contributed by atoms with van der Waals surface area (Å²) in [6.07, 6.45) is 3.51. The van der Waals surface area contributed by atoms with Gasteiger partial charge in [-0.3, -0.25) is 9.59 Å². The van der Waals surface area contributed by atoms with E-state index < -0.39 is 5.97 Å². The molecule has 15 heavy (non-hydrogen) atoms. The molecule has 1 fully saturated rings. The van der Waals surface area contributed by atoms with Crippen LogP contribution >= 0.6 is 0 Å². The Kier molecular flexibility index (Phi) is 4.59. The van der Waals surface area contributed by atoms with Gasteiger partial charge in [-0.15, -0.1) is 0 Å². The van der Waals surface area contributed by atoms with E-state index in [1.165, 1.54) is 0 Å². The third kappa shape index (κ3) is 3.53. The van der Waals surface area contributed by atoms with Crippen molar-refractivity contribution in [3.63, 3.8) is 0 Å². The van der Waals surface area contributed by atoms with Gasteiger partial charge in [0.1, 0.15) is 0 Å². The van der Waals surface area contributed by atoms with Gasteiger partial charge < -0.3 is 9.84 Å². The van der Waals surface area contributed by atoms with Crippen LogP contribution in [0.15, 0.2) is 0 Å². The number of rotatable bonds is 4. The average Bonchev–Trinajstić information content (AvgIpc) is 2.26. The zero-order valence-corrected chi connectivity index (χ0v) is 9.07. The molecule has 0 spiro atoms. The molecule has 2 unspecified atom stereocenters. The van der Waals surface area contributed by atoms with Crippen molar-refractivity contribution in [1.82, 2.24) is 0 Å². The van der Waals surface area contributed by atoms with Crippen molar-refractivity contribution in [2.45, 2.75) is 39.0 Å². The Morgan fingerprint density at radius 1 is 1.33 bits per heavy atom. The lowest BCUT2D eigenvalue weighted by atomic mass is 9.81. The van der Waals surface area contributed by atoms with Gasteiger partial charge in [-0.2, -0.15) is 0 Å². The summed E-state index contributed by atoms with van der Waals surface area (Å²) in [6.45, 7) is 2.38. The second kappa shape index (κ2) is 5.73. The van der Waals surface area contributed by atoms with Crippen LogP contribution in [0.1, 0.15) is 39.0 Å². The Labute approximate surface area is 89.6 Å². The average molecular weight is 214 g/mol. The first-order valence-electron chi connectivity index (χ1n) is 5.54. The van der Waals surface area contributed by atoms with Crippen LogP contribution in [0.4, 0.5) is 0 Å². The maximum atomic E-state index is 11.5. The Morgan fingerprint density at radius 2 is 2.00 bits per heavy atom. The highest BCUT2D eigenvalue weighted by atomic mass is 16.5. The van der Waals surface area contributed by atoms with Crippen molar-refractivity contribution in [3.05, 3.63) is 0 Å². The molecule has 0 bridgehead atoms. The summed E-state index contributed by atoms with van der Waals surface area (Å²) in [5.74, 6) is -1.57. The predicted octanol–water partition coefficient (Wildman–Crippen LogP) is 1.83. The van der Waals surface area contributed by atoms with Crippen molar-refractivity contribution in [2.24, 2.45) is 11.8 Å². The molecule has 86 valence electrons. The fourth-order valence-corrected chi connectivity index (χ4v) is 1.95. The lowest BCUT2D eigenvalue weighted by molar-refractivity contribution is -0.152. The number of carboxylic acid groups (broad SMARTS) is 1. The van der Waals surface area contributed by atoms with Crippen LogP contribution < -0.4 is 0 Å². The second-order valence-electron chi connectivity index (χ2n) is 4.07. The SMILES string of the molecule is CCCOC(=O)C1CCCC(C(=O)O)C1. The van der Waals surface area contributed by atoms with Crippen LogP contribution in [0.25, 0.3) is 0 Å². The Bertz CT molecular complexity index is 237. The van der Waals surface area contributed by atoms with Crippen LogP contribution in [-0.4, -0.2) is 23.7 Å². The van der Waals surface area contributed by atoms with Crippen LogP contribution in [0.3, 0.4) is 0 Å². The maximum absolute atomic E-state index is 11.5. The van der Waals surface area contributed by atoms with E-state index >= 15 is 0 Å². The van der Waals surface area contributed by atoms with E-state index in [1.807, 2.05) is 6.92 Å². The second-order valence-corrected chi connectivity index (χ2v) is 4.07. The first-order chi connectivity index (χ1) is 7.15. The fourth-order valence-electron chi connectivity index (χ4n) is 1.95. The van der Waals surface area contributed by atoms with Gasteiger partial charge in [0.2, 0.25) is 0 Å². The summed E-state index contributed by atoms with van der Waals surface area (Å²) in [4.78, 5) is 22.3. The van der Waals surface area contributed by atoms with Crippen LogP contribution in [0.2, 0.25) is 0 Å². The number of esters is 1. The zero-order chi connectivity index (χ0) is 11.3. The molecule has 4 nitrogen and oxygen atoms in total. The van der Waals surface area contributed by atoms with E-state index in [2.05, 4.69) is 0 Å². The minimum atomic E-state index is -0.789. The summed E-state index contributed by atoms with van der Waals surface area (Å²) < 4.78 is 5.03. The Balaban J connectivity index is 2.41. The minimum Gasteiger partial charge on any atom is -0.481 e.